The molecule has 2 aliphatic heterocycles. The van der Waals surface area contributed by atoms with Crippen molar-refractivity contribution in [3.8, 4) is 11.5 Å². The second-order valence-electron chi connectivity index (χ2n) is 9.20. The predicted octanol–water partition coefficient (Wildman–Crippen LogP) is 5.55. The molecule has 4 rings (SSSR count). The number of piperazine rings is 1. The summed E-state index contributed by atoms with van der Waals surface area (Å²) < 4.78 is 95.2. The number of thioether (sulfide) groups is 1. The van der Waals surface area contributed by atoms with Gasteiger partial charge in [0.05, 0.1) is 29.7 Å². The van der Waals surface area contributed by atoms with Crippen LogP contribution in [0.25, 0.3) is 6.08 Å². The van der Waals surface area contributed by atoms with E-state index in [4.69, 9.17) is 14.2 Å². The van der Waals surface area contributed by atoms with E-state index in [0.717, 1.165) is 38.8 Å². The van der Waals surface area contributed by atoms with E-state index in [-0.39, 0.29) is 23.5 Å². The van der Waals surface area contributed by atoms with Crippen molar-refractivity contribution in [3.63, 3.8) is 0 Å². The first-order valence-electron chi connectivity index (χ1n) is 12.5. The van der Waals surface area contributed by atoms with Crippen molar-refractivity contribution < 1.29 is 45.3 Å². The summed E-state index contributed by atoms with van der Waals surface area (Å²) in [5.41, 5.74) is -2.73. The summed E-state index contributed by atoms with van der Waals surface area (Å²) in [5, 5.41) is 0.622. The van der Waals surface area contributed by atoms with Gasteiger partial charge in [-0.3, -0.25) is 9.69 Å². The molecule has 1 saturated heterocycles. The first-order valence-corrected chi connectivity index (χ1v) is 13.3. The molecular formula is C27H27F6N3O4S. The maximum atomic E-state index is 13.5. The second-order valence-corrected chi connectivity index (χ2v) is 10.2. The fourth-order valence-corrected chi connectivity index (χ4v) is 5.22. The average Bonchev–Trinajstić information content (AvgIpc) is 3.29. The zero-order chi connectivity index (χ0) is 29.8. The number of halogens is 6. The lowest BCUT2D eigenvalue weighted by atomic mass is 10.0. The van der Waals surface area contributed by atoms with Crippen LogP contribution >= 0.6 is 11.8 Å². The molecule has 2 aromatic rings. The van der Waals surface area contributed by atoms with Crippen LogP contribution in [-0.4, -0.2) is 74.4 Å². The van der Waals surface area contributed by atoms with Gasteiger partial charge >= 0.3 is 12.4 Å². The van der Waals surface area contributed by atoms with Crippen molar-refractivity contribution in [1.82, 2.24) is 9.80 Å². The molecule has 0 unspecified atom stereocenters. The highest BCUT2D eigenvalue weighted by Gasteiger charge is 2.38. The van der Waals surface area contributed by atoms with Gasteiger partial charge in [0, 0.05) is 45.4 Å². The lowest BCUT2D eigenvalue weighted by molar-refractivity contribution is -0.143. The van der Waals surface area contributed by atoms with Crippen LogP contribution < -0.4 is 9.47 Å². The monoisotopic (exact) mass is 603 g/mol. The van der Waals surface area contributed by atoms with E-state index in [1.165, 1.54) is 24.9 Å². The van der Waals surface area contributed by atoms with Gasteiger partial charge in [-0.2, -0.15) is 31.3 Å². The Morgan fingerprint density at radius 1 is 0.951 bits per heavy atom. The van der Waals surface area contributed by atoms with E-state index in [2.05, 4.69) is 14.8 Å². The molecule has 0 aromatic heterocycles. The Balaban J connectivity index is 1.43. The summed E-state index contributed by atoms with van der Waals surface area (Å²) in [6, 6.07) is 5.97. The fourth-order valence-electron chi connectivity index (χ4n) is 4.26. The number of benzene rings is 2. The third-order valence-electron chi connectivity index (χ3n) is 6.47. The average molecular weight is 604 g/mol. The van der Waals surface area contributed by atoms with Gasteiger partial charge in [-0.25, -0.2) is 0 Å². The number of hydrogen-bond acceptors (Lipinski definition) is 7. The third kappa shape index (κ3) is 7.74. The Bertz CT molecular complexity index is 1320. The molecule has 2 aromatic carbocycles. The predicted molar refractivity (Wildman–Crippen MR) is 142 cm³/mol. The third-order valence-corrected chi connectivity index (χ3v) is 7.52. The Morgan fingerprint density at radius 2 is 1.68 bits per heavy atom. The number of hydrogen-bond donors (Lipinski definition) is 0. The van der Waals surface area contributed by atoms with Crippen LogP contribution in [0.5, 0.6) is 11.5 Å². The van der Waals surface area contributed by atoms with Crippen molar-refractivity contribution in [2.45, 2.75) is 19.0 Å². The summed E-state index contributed by atoms with van der Waals surface area (Å²) in [5.74, 6) is -0.131. The standard InChI is InChI=1S/C27H27F6N3O4S/c1-38-12-11-35-7-9-36(10-8-35)25-34-24(37)23(41-25)14-17-3-6-21(22(13-17)39-2)40-16-18-4-5-19(26(28,29)30)15-20(18)27(31,32)33/h3-6,13-15H,7-12,16H2,1-2H3/b23-14-. The number of ether oxygens (including phenoxy) is 3. The quantitative estimate of drug-likeness (QED) is 0.290. The molecular weight excluding hydrogens is 576 g/mol. The Labute approximate surface area is 236 Å². The fraction of sp³-hybridized carbons (Fsp3) is 0.407. The molecule has 0 bridgehead atoms. The number of aliphatic imine (C=N–C) groups is 1. The molecule has 0 spiro atoms. The van der Waals surface area contributed by atoms with Crippen LogP contribution in [0.2, 0.25) is 0 Å². The van der Waals surface area contributed by atoms with Crippen LogP contribution in [0.4, 0.5) is 26.3 Å². The lowest BCUT2D eigenvalue weighted by Crippen LogP contribution is -2.48. The maximum Gasteiger partial charge on any atom is 0.416 e. The van der Waals surface area contributed by atoms with Gasteiger partial charge in [-0.05, 0) is 47.7 Å². The van der Waals surface area contributed by atoms with Crippen molar-refractivity contribution in [1.29, 1.82) is 0 Å². The molecule has 1 fully saturated rings. The summed E-state index contributed by atoms with van der Waals surface area (Å²) in [6.07, 6.45) is -8.30. The minimum absolute atomic E-state index is 0.0686. The Morgan fingerprint density at radius 3 is 2.32 bits per heavy atom. The van der Waals surface area contributed by atoms with Crippen molar-refractivity contribution in [3.05, 3.63) is 63.6 Å². The van der Waals surface area contributed by atoms with Crippen LogP contribution in [0, 0.1) is 0 Å². The summed E-state index contributed by atoms with van der Waals surface area (Å²) in [6.45, 7) is 3.95. The van der Waals surface area contributed by atoms with E-state index in [9.17, 15) is 31.1 Å². The SMILES string of the molecule is COCCN1CCN(C2=NC(=O)/C(=C/c3ccc(OCc4ccc(C(F)(F)F)cc4C(F)(F)F)c(OC)c3)S2)CC1. The van der Waals surface area contributed by atoms with E-state index in [0.29, 0.717) is 28.3 Å². The Kier molecular flexibility index (Phi) is 9.55. The van der Waals surface area contributed by atoms with Crippen LogP contribution in [0.1, 0.15) is 22.3 Å². The summed E-state index contributed by atoms with van der Waals surface area (Å²) >= 11 is 1.26. The molecule has 2 heterocycles. The van der Waals surface area contributed by atoms with E-state index >= 15 is 0 Å². The largest absolute Gasteiger partial charge is 0.493 e. The van der Waals surface area contributed by atoms with Crippen molar-refractivity contribution >= 4 is 28.9 Å². The molecule has 0 radical (unpaired) electrons. The Hall–Kier alpha value is -3.23. The van der Waals surface area contributed by atoms with Gasteiger partial charge in [0.1, 0.15) is 6.61 Å². The molecule has 0 aliphatic carbocycles. The lowest BCUT2D eigenvalue weighted by Gasteiger charge is -2.35. The molecule has 41 heavy (non-hydrogen) atoms. The van der Waals surface area contributed by atoms with Crippen LogP contribution in [0.3, 0.4) is 0 Å². The minimum Gasteiger partial charge on any atom is -0.493 e. The number of alkyl halides is 6. The highest BCUT2D eigenvalue weighted by Crippen LogP contribution is 2.39. The number of rotatable bonds is 8. The van der Waals surface area contributed by atoms with Crippen LogP contribution in [-0.2, 0) is 28.5 Å². The van der Waals surface area contributed by atoms with E-state index in [1.807, 2.05) is 0 Å². The molecule has 0 N–H and O–H groups in total. The minimum atomic E-state index is -5.01. The number of methoxy groups -OCH3 is 2. The number of amides is 1. The number of nitrogens with zero attached hydrogens (tertiary/aromatic N) is 3. The number of carbonyl (C=O) groups is 1. The van der Waals surface area contributed by atoms with E-state index in [1.54, 1.807) is 25.3 Å². The smallest absolute Gasteiger partial charge is 0.416 e. The highest BCUT2D eigenvalue weighted by atomic mass is 32.2. The maximum absolute atomic E-state index is 13.5. The van der Waals surface area contributed by atoms with Crippen molar-refractivity contribution in [2.24, 2.45) is 4.99 Å². The second kappa shape index (κ2) is 12.7. The topological polar surface area (TPSA) is 63.6 Å². The summed E-state index contributed by atoms with van der Waals surface area (Å²) in [4.78, 5) is 21.5. The number of carbonyl (C=O) groups excluding carboxylic acids is 1. The molecule has 2 aliphatic rings. The molecule has 0 saturated carbocycles. The van der Waals surface area contributed by atoms with Gasteiger partial charge in [0.15, 0.2) is 16.7 Å². The molecule has 222 valence electrons. The normalized spacial score (nSPS) is 17.8. The first kappa shape index (κ1) is 30.7. The van der Waals surface area contributed by atoms with Gasteiger partial charge in [0.25, 0.3) is 5.91 Å². The van der Waals surface area contributed by atoms with Gasteiger partial charge in [0.2, 0.25) is 0 Å². The molecule has 0 atom stereocenters. The number of amidine groups is 1. The van der Waals surface area contributed by atoms with Crippen LogP contribution in [0.15, 0.2) is 46.3 Å². The molecule has 1 amide bonds. The van der Waals surface area contributed by atoms with Gasteiger partial charge in [-0.1, -0.05) is 12.1 Å². The van der Waals surface area contributed by atoms with Crippen molar-refractivity contribution in [2.75, 3.05) is 53.6 Å². The van der Waals surface area contributed by atoms with Gasteiger partial charge in [-0.15, -0.1) is 0 Å². The first-order chi connectivity index (χ1) is 19.4. The van der Waals surface area contributed by atoms with Gasteiger partial charge < -0.3 is 19.1 Å². The zero-order valence-electron chi connectivity index (χ0n) is 22.1. The molecule has 14 heteroatoms. The highest BCUT2D eigenvalue weighted by molar-refractivity contribution is 8.18. The molecule has 7 nitrogen and oxygen atoms in total. The summed E-state index contributed by atoms with van der Waals surface area (Å²) in [7, 11) is 2.99. The zero-order valence-corrected chi connectivity index (χ0v) is 23.0. The van der Waals surface area contributed by atoms with E-state index < -0.39 is 35.6 Å².